The molecule has 7 heteroatoms. The van der Waals surface area contributed by atoms with Gasteiger partial charge in [-0.3, -0.25) is 0 Å². The summed E-state index contributed by atoms with van der Waals surface area (Å²) in [4.78, 5) is 0. The summed E-state index contributed by atoms with van der Waals surface area (Å²) in [5.74, 6) is -9.56. The highest BCUT2D eigenvalue weighted by atomic mass is 19.2. The van der Waals surface area contributed by atoms with Gasteiger partial charge in [0.15, 0.2) is 23.3 Å². The quantitative estimate of drug-likeness (QED) is 0.431. The van der Waals surface area contributed by atoms with Crippen molar-refractivity contribution in [2.75, 3.05) is 0 Å². The molecule has 0 nitrogen and oxygen atoms in total. The third kappa shape index (κ3) is 2.20. The number of benzene rings is 2. The zero-order chi connectivity index (χ0) is 16.1. The predicted octanol–water partition coefficient (Wildman–Crippen LogP) is 3.06. The third-order valence-electron chi connectivity index (χ3n) is 3.46. The van der Waals surface area contributed by atoms with Gasteiger partial charge in [-0.25, -0.2) is 26.3 Å². The van der Waals surface area contributed by atoms with Crippen LogP contribution in [-0.2, 0) is 0 Å². The first kappa shape index (κ1) is 15.5. The molecule has 0 aromatic heterocycles. The minimum Gasteiger partial charge on any atom is -0.206 e. The summed E-state index contributed by atoms with van der Waals surface area (Å²) in [6.07, 6.45) is 0. The van der Waals surface area contributed by atoms with Gasteiger partial charge in [0.25, 0.3) is 0 Å². The van der Waals surface area contributed by atoms with Crippen molar-refractivity contribution in [3.63, 3.8) is 0 Å². The number of halogens is 6. The van der Waals surface area contributed by atoms with E-state index in [-0.39, 0.29) is 11.0 Å². The lowest BCUT2D eigenvalue weighted by Crippen LogP contribution is -2.14. The average Bonchev–Trinajstić information content (AvgIpc) is 2.44. The van der Waals surface area contributed by atoms with Gasteiger partial charge in [-0.05, 0) is 25.5 Å². The molecule has 0 aliphatic heterocycles. The molecule has 2 aromatic rings. The minimum atomic E-state index is -1.83. The zero-order valence-electron chi connectivity index (χ0n) is 11.3. The molecule has 0 heterocycles. The highest BCUT2D eigenvalue weighted by molar-refractivity contribution is 6.33. The molecule has 0 amide bonds. The van der Waals surface area contributed by atoms with E-state index in [4.69, 9.17) is 0 Å². The Morgan fingerprint density at radius 3 is 1.62 bits per heavy atom. The van der Waals surface area contributed by atoms with Crippen molar-refractivity contribution in [3.8, 4) is 11.1 Å². The Morgan fingerprint density at radius 2 is 1.14 bits per heavy atom. The predicted molar refractivity (Wildman–Crippen MR) is 69.3 cm³/mol. The topological polar surface area (TPSA) is 0 Å². The third-order valence-corrected chi connectivity index (χ3v) is 3.46. The van der Waals surface area contributed by atoms with Crippen LogP contribution in [0.2, 0.25) is 0 Å². The first-order valence-electron chi connectivity index (χ1n) is 5.96. The lowest BCUT2D eigenvalue weighted by molar-refractivity contribution is 0.447. The van der Waals surface area contributed by atoms with Crippen LogP contribution in [0, 0.1) is 48.8 Å². The second kappa shape index (κ2) is 5.13. The Balaban J connectivity index is 2.96. The number of hydrogen-bond donors (Lipinski definition) is 0. The molecule has 0 bridgehead atoms. The molecule has 110 valence electrons. The molecule has 0 saturated heterocycles. The van der Waals surface area contributed by atoms with E-state index in [2.05, 4.69) is 0 Å². The molecule has 2 rings (SSSR count). The van der Waals surface area contributed by atoms with Gasteiger partial charge in [0, 0.05) is 5.56 Å². The van der Waals surface area contributed by atoms with E-state index in [1.165, 1.54) is 14.8 Å². The van der Waals surface area contributed by atoms with E-state index >= 15 is 0 Å². The molecular formula is C14H9BF6. The highest BCUT2D eigenvalue weighted by Gasteiger charge is 2.28. The Bertz CT molecular complexity index is 725. The van der Waals surface area contributed by atoms with Crippen LogP contribution in [0.1, 0.15) is 11.1 Å². The van der Waals surface area contributed by atoms with Crippen LogP contribution in [0.4, 0.5) is 26.3 Å². The van der Waals surface area contributed by atoms with Gasteiger partial charge >= 0.3 is 0 Å². The maximum Gasteiger partial charge on any atom is 0.170 e. The standard InChI is InChI=1S/C14H9BF6/c1-4-6(15)3-7(16)8(10(4)17)9-13(20)11(18)5(2)12(19)14(9)21/h3H,15H2,1-2H3. The van der Waals surface area contributed by atoms with E-state index in [9.17, 15) is 26.3 Å². The summed E-state index contributed by atoms with van der Waals surface area (Å²) < 4.78 is 82.8. The monoisotopic (exact) mass is 302 g/mol. The minimum absolute atomic E-state index is 0.0633. The first-order chi connectivity index (χ1) is 9.68. The molecule has 0 N–H and O–H groups in total. The molecule has 0 atom stereocenters. The van der Waals surface area contributed by atoms with Crippen molar-refractivity contribution < 1.29 is 26.3 Å². The molecular weight excluding hydrogens is 293 g/mol. The molecule has 0 unspecified atom stereocenters. The van der Waals surface area contributed by atoms with Gasteiger partial charge in [-0.15, -0.1) is 0 Å². The van der Waals surface area contributed by atoms with Crippen LogP contribution in [-0.4, -0.2) is 7.85 Å². The molecule has 0 radical (unpaired) electrons. The van der Waals surface area contributed by atoms with Crippen LogP contribution in [0.25, 0.3) is 11.1 Å². The first-order valence-corrected chi connectivity index (χ1v) is 5.96. The van der Waals surface area contributed by atoms with Crippen LogP contribution < -0.4 is 5.46 Å². The number of rotatable bonds is 1. The SMILES string of the molecule is Bc1cc(F)c(-c2c(F)c(F)c(C)c(F)c2F)c(F)c1C. The summed E-state index contributed by atoms with van der Waals surface area (Å²) in [7, 11) is 1.40. The van der Waals surface area contributed by atoms with Gasteiger partial charge < -0.3 is 0 Å². The van der Waals surface area contributed by atoms with Crippen molar-refractivity contribution in [2.45, 2.75) is 13.8 Å². The normalized spacial score (nSPS) is 11.0. The second-order valence-electron chi connectivity index (χ2n) is 4.75. The van der Waals surface area contributed by atoms with Gasteiger partial charge in [0.1, 0.15) is 19.5 Å². The van der Waals surface area contributed by atoms with Crippen molar-refractivity contribution in [1.82, 2.24) is 0 Å². The van der Waals surface area contributed by atoms with Gasteiger partial charge in [0.2, 0.25) is 0 Å². The lowest BCUT2D eigenvalue weighted by atomic mass is 9.87. The maximum absolute atomic E-state index is 14.1. The number of hydrogen-bond acceptors (Lipinski definition) is 0. The summed E-state index contributed by atoms with van der Waals surface area (Å²) in [6.45, 7) is 2.10. The lowest BCUT2D eigenvalue weighted by Gasteiger charge is -2.14. The van der Waals surface area contributed by atoms with Crippen molar-refractivity contribution in [2.24, 2.45) is 0 Å². The summed E-state index contributed by atoms with van der Waals surface area (Å²) in [5, 5.41) is 0. The molecule has 2 aromatic carbocycles. The molecule has 0 aliphatic rings. The van der Waals surface area contributed by atoms with E-state index in [0.29, 0.717) is 0 Å². The fourth-order valence-electron chi connectivity index (χ4n) is 2.03. The van der Waals surface area contributed by atoms with Crippen LogP contribution in [0.3, 0.4) is 0 Å². The molecule has 0 spiro atoms. The van der Waals surface area contributed by atoms with Crippen LogP contribution >= 0.6 is 0 Å². The Labute approximate surface area is 117 Å². The van der Waals surface area contributed by atoms with Gasteiger partial charge in [-0.2, -0.15) is 0 Å². The van der Waals surface area contributed by atoms with Crippen LogP contribution in [0.5, 0.6) is 0 Å². The van der Waals surface area contributed by atoms with E-state index in [1.807, 2.05) is 0 Å². The summed E-state index contributed by atoms with van der Waals surface area (Å²) in [6, 6.07) is 0.849. The molecule has 0 fully saturated rings. The van der Waals surface area contributed by atoms with Crippen molar-refractivity contribution >= 4 is 13.3 Å². The van der Waals surface area contributed by atoms with E-state index in [1.54, 1.807) is 0 Å². The molecule has 21 heavy (non-hydrogen) atoms. The Morgan fingerprint density at radius 1 is 0.667 bits per heavy atom. The fourth-order valence-corrected chi connectivity index (χ4v) is 2.03. The summed E-state index contributed by atoms with van der Waals surface area (Å²) >= 11 is 0. The van der Waals surface area contributed by atoms with Gasteiger partial charge in [-0.1, -0.05) is 5.46 Å². The fraction of sp³-hybridized carbons (Fsp3) is 0.143. The van der Waals surface area contributed by atoms with Crippen LogP contribution in [0.15, 0.2) is 6.07 Å². The Kier molecular flexibility index (Phi) is 3.78. The largest absolute Gasteiger partial charge is 0.206 e. The van der Waals surface area contributed by atoms with Gasteiger partial charge in [0.05, 0.1) is 11.1 Å². The maximum atomic E-state index is 14.1. The zero-order valence-corrected chi connectivity index (χ0v) is 11.3. The average molecular weight is 302 g/mol. The second-order valence-corrected chi connectivity index (χ2v) is 4.75. The highest BCUT2D eigenvalue weighted by Crippen LogP contribution is 2.35. The van der Waals surface area contributed by atoms with E-state index in [0.717, 1.165) is 13.0 Å². The smallest absolute Gasteiger partial charge is 0.170 e. The molecule has 0 aliphatic carbocycles. The van der Waals surface area contributed by atoms with E-state index < -0.39 is 51.6 Å². The molecule has 0 saturated carbocycles. The summed E-state index contributed by atoms with van der Waals surface area (Å²) in [5.41, 5.74) is -3.24. The van der Waals surface area contributed by atoms with Crippen molar-refractivity contribution in [1.29, 1.82) is 0 Å². The van der Waals surface area contributed by atoms with Crippen molar-refractivity contribution in [3.05, 3.63) is 52.1 Å². The Hall–Kier alpha value is -1.92.